The Balaban J connectivity index is 2.01. The third-order valence-corrected chi connectivity index (χ3v) is 4.09. The van der Waals surface area contributed by atoms with Gasteiger partial charge in [0.25, 0.3) is 0 Å². The number of thiazole rings is 1. The molecule has 0 bridgehead atoms. The van der Waals surface area contributed by atoms with E-state index in [0.29, 0.717) is 5.56 Å². The topological polar surface area (TPSA) is 68.9 Å². The fourth-order valence-corrected chi connectivity index (χ4v) is 2.95. The molecule has 21 heavy (non-hydrogen) atoms. The quantitative estimate of drug-likeness (QED) is 0.806. The molecule has 0 radical (unpaired) electrons. The number of amides is 1. The van der Waals surface area contributed by atoms with Gasteiger partial charge >= 0.3 is 0 Å². The van der Waals surface area contributed by atoms with Crippen LogP contribution in [0.15, 0.2) is 48.1 Å². The fraction of sp³-hybridized carbons (Fsp3) is 0.0625. The minimum Gasteiger partial charge on any atom is -0.366 e. The predicted molar refractivity (Wildman–Crippen MR) is 84.0 cm³/mol. The molecular formula is C16H13N3OS. The van der Waals surface area contributed by atoms with Crippen LogP contribution in [-0.2, 0) is 0 Å². The van der Waals surface area contributed by atoms with Crippen LogP contribution in [0.25, 0.3) is 21.8 Å². The molecule has 3 aromatic rings. The van der Waals surface area contributed by atoms with Crippen LogP contribution >= 0.6 is 11.3 Å². The first-order valence-electron chi connectivity index (χ1n) is 6.42. The van der Waals surface area contributed by atoms with Crippen LogP contribution in [-0.4, -0.2) is 15.9 Å². The second-order valence-corrected chi connectivity index (χ2v) is 5.53. The molecule has 0 atom stereocenters. The van der Waals surface area contributed by atoms with E-state index in [1.807, 2.05) is 36.7 Å². The summed E-state index contributed by atoms with van der Waals surface area (Å²) >= 11 is 1.56. The Morgan fingerprint density at radius 1 is 1.29 bits per heavy atom. The standard InChI is InChI=1S/C16H13N3OS/c1-10-5-6-18-8-13(10)16-19-14(9-21-16)11-3-2-4-12(7-11)15(17)20/h2-9H,1H3,(H2,17,20). The molecule has 0 aliphatic rings. The largest absolute Gasteiger partial charge is 0.366 e. The van der Waals surface area contributed by atoms with E-state index in [1.165, 1.54) is 0 Å². The Hall–Kier alpha value is -2.53. The number of aryl methyl sites for hydroxylation is 1. The molecular weight excluding hydrogens is 282 g/mol. The van der Waals surface area contributed by atoms with Gasteiger partial charge in [-0.15, -0.1) is 11.3 Å². The second-order valence-electron chi connectivity index (χ2n) is 4.67. The molecule has 2 aromatic heterocycles. The summed E-state index contributed by atoms with van der Waals surface area (Å²) in [6, 6.07) is 9.15. The number of nitrogens with zero attached hydrogens (tertiary/aromatic N) is 2. The van der Waals surface area contributed by atoms with Crippen LogP contribution in [0.3, 0.4) is 0 Å². The molecule has 1 amide bonds. The average molecular weight is 295 g/mol. The van der Waals surface area contributed by atoms with Gasteiger partial charge in [0.1, 0.15) is 5.01 Å². The van der Waals surface area contributed by atoms with Gasteiger partial charge in [0.15, 0.2) is 0 Å². The normalized spacial score (nSPS) is 10.5. The zero-order valence-electron chi connectivity index (χ0n) is 11.4. The van der Waals surface area contributed by atoms with E-state index in [9.17, 15) is 4.79 Å². The van der Waals surface area contributed by atoms with Crippen LogP contribution < -0.4 is 5.73 Å². The van der Waals surface area contributed by atoms with E-state index in [4.69, 9.17) is 5.73 Å². The molecule has 0 aliphatic carbocycles. The monoisotopic (exact) mass is 295 g/mol. The number of benzene rings is 1. The van der Waals surface area contributed by atoms with Crippen LogP contribution in [0.2, 0.25) is 0 Å². The van der Waals surface area contributed by atoms with Gasteiger partial charge in [0.05, 0.1) is 5.69 Å². The minimum atomic E-state index is -0.435. The first-order valence-corrected chi connectivity index (χ1v) is 7.30. The van der Waals surface area contributed by atoms with Crippen molar-refractivity contribution < 1.29 is 4.79 Å². The Morgan fingerprint density at radius 2 is 2.14 bits per heavy atom. The maximum Gasteiger partial charge on any atom is 0.248 e. The lowest BCUT2D eigenvalue weighted by Gasteiger charge is -2.01. The number of pyridine rings is 1. The molecule has 104 valence electrons. The summed E-state index contributed by atoms with van der Waals surface area (Å²) in [7, 11) is 0. The second kappa shape index (κ2) is 5.46. The molecule has 5 heteroatoms. The summed E-state index contributed by atoms with van der Waals surface area (Å²) in [5.41, 5.74) is 9.68. The third kappa shape index (κ3) is 2.68. The van der Waals surface area contributed by atoms with Crippen molar-refractivity contribution in [1.29, 1.82) is 0 Å². The highest BCUT2D eigenvalue weighted by Gasteiger charge is 2.10. The van der Waals surface area contributed by atoms with Crippen molar-refractivity contribution in [1.82, 2.24) is 9.97 Å². The Morgan fingerprint density at radius 3 is 2.90 bits per heavy atom. The van der Waals surface area contributed by atoms with Gasteiger partial charge in [-0.3, -0.25) is 9.78 Å². The van der Waals surface area contributed by atoms with Crippen LogP contribution in [0.5, 0.6) is 0 Å². The average Bonchev–Trinajstić information content (AvgIpc) is 2.97. The molecule has 2 heterocycles. The number of carbonyl (C=O) groups is 1. The SMILES string of the molecule is Cc1ccncc1-c1nc(-c2cccc(C(N)=O)c2)cs1. The summed E-state index contributed by atoms with van der Waals surface area (Å²) in [6.07, 6.45) is 3.58. The first kappa shape index (κ1) is 13.5. The van der Waals surface area contributed by atoms with Crippen LogP contribution in [0.4, 0.5) is 0 Å². The van der Waals surface area contributed by atoms with E-state index >= 15 is 0 Å². The lowest BCUT2D eigenvalue weighted by molar-refractivity contribution is 0.100. The summed E-state index contributed by atoms with van der Waals surface area (Å²) < 4.78 is 0. The number of carbonyl (C=O) groups excluding carboxylic acids is 1. The van der Waals surface area contributed by atoms with Gasteiger partial charge in [-0.2, -0.15) is 0 Å². The molecule has 0 aliphatic heterocycles. The molecule has 0 fully saturated rings. The summed E-state index contributed by atoms with van der Waals surface area (Å²) in [4.78, 5) is 20.0. The number of hydrogen-bond donors (Lipinski definition) is 1. The number of hydrogen-bond acceptors (Lipinski definition) is 4. The predicted octanol–water partition coefficient (Wildman–Crippen LogP) is 3.28. The Labute approximate surface area is 126 Å². The van der Waals surface area contributed by atoms with Crippen LogP contribution in [0, 0.1) is 6.92 Å². The Bertz CT molecular complexity index is 811. The summed E-state index contributed by atoms with van der Waals surface area (Å²) in [5.74, 6) is -0.435. The van der Waals surface area contributed by atoms with Crippen molar-refractivity contribution in [2.24, 2.45) is 5.73 Å². The van der Waals surface area contributed by atoms with Crippen molar-refractivity contribution in [2.75, 3.05) is 0 Å². The van der Waals surface area contributed by atoms with E-state index in [1.54, 1.807) is 29.7 Å². The van der Waals surface area contributed by atoms with Crippen molar-refractivity contribution in [2.45, 2.75) is 6.92 Å². The number of aromatic nitrogens is 2. The molecule has 4 nitrogen and oxygen atoms in total. The lowest BCUT2D eigenvalue weighted by Crippen LogP contribution is -2.10. The van der Waals surface area contributed by atoms with Gasteiger partial charge in [-0.25, -0.2) is 4.98 Å². The van der Waals surface area contributed by atoms with E-state index in [-0.39, 0.29) is 0 Å². The fourth-order valence-electron chi connectivity index (χ4n) is 2.05. The number of rotatable bonds is 3. The zero-order valence-corrected chi connectivity index (χ0v) is 12.2. The number of nitrogens with two attached hydrogens (primary N) is 1. The van der Waals surface area contributed by atoms with Crippen molar-refractivity contribution in [3.63, 3.8) is 0 Å². The molecule has 2 N–H and O–H groups in total. The summed E-state index contributed by atoms with van der Waals surface area (Å²) in [5, 5.41) is 2.89. The van der Waals surface area contributed by atoms with Crippen molar-refractivity contribution in [3.8, 4) is 21.8 Å². The molecule has 1 aromatic carbocycles. The van der Waals surface area contributed by atoms with Gasteiger partial charge in [0.2, 0.25) is 5.91 Å². The van der Waals surface area contributed by atoms with Crippen molar-refractivity contribution in [3.05, 3.63) is 59.2 Å². The third-order valence-electron chi connectivity index (χ3n) is 3.22. The smallest absolute Gasteiger partial charge is 0.248 e. The molecule has 0 spiro atoms. The first-order chi connectivity index (χ1) is 10.1. The zero-order chi connectivity index (χ0) is 14.8. The maximum absolute atomic E-state index is 11.3. The molecule has 0 saturated carbocycles. The molecule has 0 unspecified atom stereocenters. The van der Waals surface area contributed by atoms with Gasteiger partial charge in [-0.05, 0) is 30.7 Å². The highest BCUT2D eigenvalue weighted by Crippen LogP contribution is 2.30. The van der Waals surface area contributed by atoms with Gasteiger partial charge in [0, 0.05) is 34.5 Å². The lowest BCUT2D eigenvalue weighted by atomic mass is 10.1. The maximum atomic E-state index is 11.3. The minimum absolute atomic E-state index is 0.435. The van der Waals surface area contributed by atoms with E-state index < -0.39 is 5.91 Å². The van der Waals surface area contributed by atoms with E-state index in [2.05, 4.69) is 9.97 Å². The Kier molecular flexibility index (Phi) is 3.50. The summed E-state index contributed by atoms with van der Waals surface area (Å²) in [6.45, 7) is 2.03. The highest BCUT2D eigenvalue weighted by atomic mass is 32.1. The molecule has 0 saturated heterocycles. The van der Waals surface area contributed by atoms with E-state index in [0.717, 1.165) is 27.4 Å². The number of primary amides is 1. The van der Waals surface area contributed by atoms with Gasteiger partial charge in [-0.1, -0.05) is 12.1 Å². The molecule has 3 rings (SSSR count). The van der Waals surface area contributed by atoms with Crippen LogP contribution in [0.1, 0.15) is 15.9 Å². The van der Waals surface area contributed by atoms with Crippen molar-refractivity contribution >= 4 is 17.2 Å². The highest BCUT2D eigenvalue weighted by molar-refractivity contribution is 7.13. The van der Waals surface area contributed by atoms with Gasteiger partial charge < -0.3 is 5.73 Å².